The summed E-state index contributed by atoms with van der Waals surface area (Å²) in [6, 6.07) is 9.49. The fourth-order valence-electron chi connectivity index (χ4n) is 3.03. The Morgan fingerprint density at radius 2 is 2.17 bits per heavy atom. The van der Waals surface area contributed by atoms with Crippen LogP contribution in [0.1, 0.15) is 23.0 Å². The van der Waals surface area contributed by atoms with Crippen LogP contribution >= 0.6 is 0 Å². The molecule has 6 heteroatoms. The van der Waals surface area contributed by atoms with Gasteiger partial charge in [-0.05, 0) is 17.7 Å². The number of hydrogen-bond donors (Lipinski definition) is 3. The van der Waals surface area contributed by atoms with Crippen LogP contribution in [0, 0.1) is 0 Å². The van der Waals surface area contributed by atoms with Gasteiger partial charge in [0.25, 0.3) is 0 Å². The first kappa shape index (κ1) is 13.9. The molecule has 0 saturated heterocycles. The summed E-state index contributed by atoms with van der Waals surface area (Å²) in [6.07, 6.45) is 4.29. The number of nitrogens with zero attached hydrogens (tertiary/aromatic N) is 2. The van der Waals surface area contributed by atoms with Gasteiger partial charge in [-0.15, -0.1) is 0 Å². The maximum atomic E-state index is 12.5. The molecule has 4 rings (SSSR count). The summed E-state index contributed by atoms with van der Waals surface area (Å²) < 4.78 is 0. The number of imidazole rings is 1. The summed E-state index contributed by atoms with van der Waals surface area (Å²) >= 11 is 0. The van der Waals surface area contributed by atoms with Crippen LogP contribution in [0.25, 0.3) is 10.9 Å². The van der Waals surface area contributed by atoms with E-state index < -0.39 is 6.04 Å². The highest BCUT2D eigenvalue weighted by molar-refractivity contribution is 5.85. The Balaban J connectivity index is 1.52. The Morgan fingerprint density at radius 3 is 3.13 bits per heavy atom. The van der Waals surface area contributed by atoms with Crippen LogP contribution in [0.15, 0.2) is 42.9 Å². The number of carbonyl (C=O) groups excluding carboxylic acids is 1. The zero-order chi connectivity index (χ0) is 15.6. The van der Waals surface area contributed by atoms with Crippen molar-refractivity contribution < 1.29 is 4.79 Å². The first-order chi connectivity index (χ1) is 11.3. The van der Waals surface area contributed by atoms with Crippen molar-refractivity contribution in [2.75, 3.05) is 6.54 Å². The number of benzene rings is 1. The fraction of sp³-hybridized carbons (Fsp3) is 0.235. The minimum absolute atomic E-state index is 0.0565. The zero-order valence-electron chi connectivity index (χ0n) is 12.5. The van der Waals surface area contributed by atoms with E-state index in [-0.39, 0.29) is 5.91 Å². The maximum absolute atomic E-state index is 12.5. The highest BCUT2D eigenvalue weighted by atomic mass is 16.2. The number of para-hydroxylation sites is 1. The highest BCUT2D eigenvalue weighted by Crippen LogP contribution is 2.20. The quantitative estimate of drug-likeness (QED) is 0.684. The molecule has 116 valence electrons. The molecule has 1 aliphatic heterocycles. The molecule has 23 heavy (non-hydrogen) atoms. The lowest BCUT2D eigenvalue weighted by Gasteiger charge is -2.22. The smallest absolute Gasteiger partial charge is 0.243 e. The van der Waals surface area contributed by atoms with Gasteiger partial charge in [-0.3, -0.25) is 9.78 Å². The van der Waals surface area contributed by atoms with Gasteiger partial charge in [-0.25, -0.2) is 4.98 Å². The van der Waals surface area contributed by atoms with Crippen molar-refractivity contribution in [1.82, 2.24) is 25.6 Å². The normalized spacial score (nSPS) is 17.0. The molecule has 3 heterocycles. The molecule has 1 amide bonds. The van der Waals surface area contributed by atoms with E-state index in [2.05, 4.69) is 25.6 Å². The van der Waals surface area contributed by atoms with E-state index in [4.69, 9.17) is 0 Å². The Labute approximate surface area is 133 Å². The minimum atomic E-state index is -0.391. The van der Waals surface area contributed by atoms with Crippen molar-refractivity contribution in [1.29, 1.82) is 0 Å². The van der Waals surface area contributed by atoms with Crippen molar-refractivity contribution in [3.63, 3.8) is 0 Å². The number of H-pyrrole nitrogens is 1. The SMILES string of the molecule is O=C(NCc1ccnc2ccccc12)[C@@H]1NCCc2[nH]cnc21. The van der Waals surface area contributed by atoms with Gasteiger partial charge in [-0.2, -0.15) is 0 Å². The standard InChI is InChI=1S/C17H17N5O/c23-17(16-15-14(6-8-19-16)21-10-22-15)20-9-11-5-7-18-13-4-2-1-3-12(11)13/h1-5,7,10,16,19H,6,8-9H2,(H,20,23)(H,21,22)/t16-/m1/s1. The van der Waals surface area contributed by atoms with Crippen LogP contribution in [0.3, 0.4) is 0 Å². The molecular weight excluding hydrogens is 290 g/mol. The van der Waals surface area contributed by atoms with Crippen molar-refractivity contribution in [2.24, 2.45) is 0 Å². The maximum Gasteiger partial charge on any atom is 0.243 e. The van der Waals surface area contributed by atoms with Gasteiger partial charge in [0.1, 0.15) is 6.04 Å². The first-order valence-corrected chi connectivity index (χ1v) is 7.69. The monoisotopic (exact) mass is 307 g/mol. The van der Waals surface area contributed by atoms with Crippen molar-refractivity contribution in [2.45, 2.75) is 19.0 Å². The minimum Gasteiger partial charge on any atom is -0.350 e. The molecule has 1 aliphatic rings. The van der Waals surface area contributed by atoms with Gasteiger partial charge in [0.2, 0.25) is 5.91 Å². The van der Waals surface area contributed by atoms with Gasteiger partial charge in [0, 0.05) is 36.8 Å². The second-order valence-corrected chi connectivity index (χ2v) is 5.61. The first-order valence-electron chi connectivity index (χ1n) is 7.69. The molecule has 0 spiro atoms. The van der Waals surface area contributed by atoms with Crippen LogP contribution in [0.2, 0.25) is 0 Å². The van der Waals surface area contributed by atoms with Crippen molar-refractivity contribution >= 4 is 16.8 Å². The number of pyridine rings is 1. The van der Waals surface area contributed by atoms with E-state index in [0.717, 1.165) is 40.8 Å². The molecule has 3 N–H and O–H groups in total. The number of aromatic nitrogens is 3. The lowest BCUT2D eigenvalue weighted by molar-refractivity contribution is -0.123. The zero-order valence-corrected chi connectivity index (χ0v) is 12.5. The molecule has 6 nitrogen and oxygen atoms in total. The van der Waals surface area contributed by atoms with E-state index >= 15 is 0 Å². The number of hydrogen-bond acceptors (Lipinski definition) is 4. The third kappa shape index (κ3) is 2.57. The molecular formula is C17H17N5O. The largest absolute Gasteiger partial charge is 0.350 e. The van der Waals surface area contributed by atoms with Crippen molar-refractivity contribution in [3.05, 3.63) is 59.8 Å². The number of amides is 1. The summed E-state index contributed by atoms with van der Waals surface area (Å²) in [7, 11) is 0. The van der Waals surface area contributed by atoms with E-state index in [1.54, 1.807) is 12.5 Å². The molecule has 2 aromatic heterocycles. The molecule has 0 saturated carbocycles. The highest BCUT2D eigenvalue weighted by Gasteiger charge is 2.28. The van der Waals surface area contributed by atoms with Crippen LogP contribution < -0.4 is 10.6 Å². The number of aromatic amines is 1. The average molecular weight is 307 g/mol. The number of carbonyl (C=O) groups is 1. The average Bonchev–Trinajstić information content (AvgIpc) is 3.08. The number of fused-ring (bicyclic) bond motifs is 2. The summed E-state index contributed by atoms with van der Waals surface area (Å²) in [6.45, 7) is 1.24. The van der Waals surface area contributed by atoms with Crippen LogP contribution in [-0.4, -0.2) is 27.4 Å². The Bertz CT molecular complexity index is 852. The predicted octanol–water partition coefficient (Wildman–Crippen LogP) is 1.46. The van der Waals surface area contributed by atoms with E-state index in [1.807, 2.05) is 30.3 Å². The van der Waals surface area contributed by atoms with Crippen molar-refractivity contribution in [3.8, 4) is 0 Å². The molecule has 0 radical (unpaired) electrons. The number of rotatable bonds is 3. The fourth-order valence-corrected chi connectivity index (χ4v) is 3.03. The van der Waals surface area contributed by atoms with Crippen LogP contribution in [0.5, 0.6) is 0 Å². The molecule has 0 bridgehead atoms. The Morgan fingerprint density at radius 1 is 1.26 bits per heavy atom. The molecule has 0 fully saturated rings. The predicted molar refractivity (Wildman–Crippen MR) is 86.6 cm³/mol. The molecule has 3 aromatic rings. The second-order valence-electron chi connectivity index (χ2n) is 5.61. The Kier molecular flexibility index (Phi) is 3.51. The van der Waals surface area contributed by atoms with Gasteiger partial charge < -0.3 is 15.6 Å². The van der Waals surface area contributed by atoms with Crippen LogP contribution in [-0.2, 0) is 17.8 Å². The topological polar surface area (TPSA) is 82.7 Å². The molecule has 0 aliphatic carbocycles. The van der Waals surface area contributed by atoms with Gasteiger partial charge in [0.05, 0.1) is 17.5 Å². The van der Waals surface area contributed by atoms with Crippen LogP contribution in [0.4, 0.5) is 0 Å². The summed E-state index contributed by atoms with van der Waals surface area (Å²) in [5.74, 6) is -0.0565. The summed E-state index contributed by atoms with van der Waals surface area (Å²) in [4.78, 5) is 24.2. The van der Waals surface area contributed by atoms with E-state index in [1.165, 1.54) is 0 Å². The lowest BCUT2D eigenvalue weighted by atomic mass is 10.0. The third-order valence-electron chi connectivity index (χ3n) is 4.20. The van der Waals surface area contributed by atoms with E-state index in [0.29, 0.717) is 6.54 Å². The lowest BCUT2D eigenvalue weighted by Crippen LogP contribution is -2.41. The van der Waals surface area contributed by atoms with Gasteiger partial charge in [-0.1, -0.05) is 18.2 Å². The Hall–Kier alpha value is -2.73. The second kappa shape index (κ2) is 5.81. The van der Waals surface area contributed by atoms with Gasteiger partial charge >= 0.3 is 0 Å². The number of nitrogens with one attached hydrogen (secondary N) is 3. The van der Waals surface area contributed by atoms with Gasteiger partial charge in [0.15, 0.2) is 0 Å². The third-order valence-corrected chi connectivity index (χ3v) is 4.20. The molecule has 1 atom stereocenters. The summed E-state index contributed by atoms with van der Waals surface area (Å²) in [5, 5.41) is 7.30. The van der Waals surface area contributed by atoms with E-state index in [9.17, 15) is 4.79 Å². The molecule has 0 unspecified atom stereocenters. The molecule has 1 aromatic carbocycles. The summed E-state index contributed by atoms with van der Waals surface area (Å²) in [5.41, 5.74) is 3.83.